The SMILES string of the molecule is CCC(C(=O)NN)C(C)OCc1ccccc1. The van der Waals surface area contributed by atoms with Gasteiger partial charge in [0.25, 0.3) is 0 Å². The first kappa shape index (κ1) is 13.7. The molecule has 0 saturated heterocycles. The molecule has 1 aromatic rings. The van der Waals surface area contributed by atoms with Crippen LogP contribution in [0.3, 0.4) is 0 Å². The summed E-state index contributed by atoms with van der Waals surface area (Å²) in [6, 6.07) is 9.89. The van der Waals surface area contributed by atoms with Crippen molar-refractivity contribution < 1.29 is 9.53 Å². The maximum Gasteiger partial charge on any atom is 0.239 e. The first-order valence-corrected chi connectivity index (χ1v) is 5.85. The van der Waals surface area contributed by atoms with Crippen LogP contribution in [-0.4, -0.2) is 12.0 Å². The van der Waals surface area contributed by atoms with Crippen molar-refractivity contribution in [1.29, 1.82) is 0 Å². The van der Waals surface area contributed by atoms with Crippen LogP contribution in [0.15, 0.2) is 30.3 Å². The van der Waals surface area contributed by atoms with E-state index in [-0.39, 0.29) is 17.9 Å². The molecule has 0 saturated carbocycles. The van der Waals surface area contributed by atoms with E-state index in [4.69, 9.17) is 10.6 Å². The van der Waals surface area contributed by atoms with Gasteiger partial charge < -0.3 is 4.74 Å². The van der Waals surface area contributed by atoms with Crippen molar-refractivity contribution in [3.8, 4) is 0 Å². The summed E-state index contributed by atoms with van der Waals surface area (Å²) in [6.45, 7) is 4.35. The predicted octanol–water partition coefficient (Wildman–Crippen LogP) is 1.61. The van der Waals surface area contributed by atoms with Crippen LogP contribution in [0.5, 0.6) is 0 Å². The number of nitrogens with one attached hydrogen (secondary N) is 1. The van der Waals surface area contributed by atoms with Gasteiger partial charge in [0.1, 0.15) is 0 Å². The highest BCUT2D eigenvalue weighted by molar-refractivity contribution is 5.78. The molecule has 0 fully saturated rings. The van der Waals surface area contributed by atoms with E-state index < -0.39 is 0 Å². The monoisotopic (exact) mass is 236 g/mol. The number of hydrogen-bond donors (Lipinski definition) is 2. The van der Waals surface area contributed by atoms with Gasteiger partial charge in [-0.15, -0.1) is 0 Å². The van der Waals surface area contributed by atoms with Crippen LogP contribution >= 0.6 is 0 Å². The van der Waals surface area contributed by atoms with Crippen molar-refractivity contribution >= 4 is 5.91 Å². The molecule has 0 aromatic heterocycles. The summed E-state index contributed by atoms with van der Waals surface area (Å²) in [5.74, 6) is 4.76. The number of benzene rings is 1. The second kappa shape index (κ2) is 7.04. The molecule has 0 bridgehead atoms. The van der Waals surface area contributed by atoms with Crippen molar-refractivity contribution in [2.75, 3.05) is 0 Å². The number of hydrogen-bond acceptors (Lipinski definition) is 3. The van der Waals surface area contributed by atoms with Gasteiger partial charge in [-0.25, -0.2) is 5.84 Å². The molecule has 4 heteroatoms. The van der Waals surface area contributed by atoms with Gasteiger partial charge in [0, 0.05) is 0 Å². The molecule has 0 aliphatic rings. The Bertz CT molecular complexity index is 341. The zero-order chi connectivity index (χ0) is 12.7. The summed E-state index contributed by atoms with van der Waals surface area (Å²) in [5, 5.41) is 0. The quantitative estimate of drug-likeness (QED) is 0.448. The second-order valence-corrected chi connectivity index (χ2v) is 4.03. The number of carbonyl (C=O) groups excluding carboxylic acids is 1. The van der Waals surface area contributed by atoms with E-state index in [1.165, 1.54) is 0 Å². The molecule has 0 aliphatic heterocycles. The fraction of sp³-hybridized carbons (Fsp3) is 0.462. The Balaban J connectivity index is 2.48. The second-order valence-electron chi connectivity index (χ2n) is 4.03. The first-order chi connectivity index (χ1) is 8.19. The molecular weight excluding hydrogens is 216 g/mol. The number of rotatable bonds is 6. The highest BCUT2D eigenvalue weighted by atomic mass is 16.5. The molecule has 94 valence electrons. The van der Waals surface area contributed by atoms with E-state index in [0.29, 0.717) is 13.0 Å². The van der Waals surface area contributed by atoms with Crippen molar-refractivity contribution in [3.63, 3.8) is 0 Å². The average molecular weight is 236 g/mol. The molecule has 2 unspecified atom stereocenters. The van der Waals surface area contributed by atoms with E-state index in [9.17, 15) is 4.79 Å². The summed E-state index contributed by atoms with van der Waals surface area (Å²) in [5.41, 5.74) is 3.28. The van der Waals surface area contributed by atoms with Crippen LogP contribution < -0.4 is 11.3 Å². The Morgan fingerprint density at radius 1 is 1.41 bits per heavy atom. The summed E-state index contributed by atoms with van der Waals surface area (Å²) >= 11 is 0. The highest BCUT2D eigenvalue weighted by Crippen LogP contribution is 2.14. The third-order valence-electron chi connectivity index (χ3n) is 2.84. The van der Waals surface area contributed by atoms with E-state index in [1.54, 1.807) is 0 Å². The molecule has 0 spiro atoms. The first-order valence-electron chi connectivity index (χ1n) is 5.85. The van der Waals surface area contributed by atoms with Gasteiger partial charge in [0.15, 0.2) is 0 Å². The molecule has 1 amide bonds. The zero-order valence-corrected chi connectivity index (χ0v) is 10.3. The van der Waals surface area contributed by atoms with Gasteiger partial charge in [0.2, 0.25) is 5.91 Å². The summed E-state index contributed by atoms with van der Waals surface area (Å²) in [7, 11) is 0. The van der Waals surface area contributed by atoms with Crippen LogP contribution in [0.25, 0.3) is 0 Å². The Hall–Kier alpha value is -1.39. The molecule has 0 aliphatic carbocycles. The Morgan fingerprint density at radius 2 is 2.06 bits per heavy atom. The topological polar surface area (TPSA) is 64.4 Å². The zero-order valence-electron chi connectivity index (χ0n) is 10.3. The largest absolute Gasteiger partial charge is 0.373 e. The van der Waals surface area contributed by atoms with E-state index in [1.807, 2.05) is 44.2 Å². The molecular formula is C13H20N2O2. The van der Waals surface area contributed by atoms with E-state index in [2.05, 4.69) is 5.43 Å². The molecule has 3 N–H and O–H groups in total. The number of carbonyl (C=O) groups is 1. The number of hydrazine groups is 1. The highest BCUT2D eigenvalue weighted by Gasteiger charge is 2.23. The minimum absolute atomic E-state index is 0.149. The van der Waals surface area contributed by atoms with Crippen LogP contribution in [0, 0.1) is 5.92 Å². The normalized spacial score (nSPS) is 14.1. The van der Waals surface area contributed by atoms with Gasteiger partial charge in [0.05, 0.1) is 18.6 Å². The van der Waals surface area contributed by atoms with E-state index >= 15 is 0 Å². The lowest BCUT2D eigenvalue weighted by Gasteiger charge is -2.21. The number of nitrogens with two attached hydrogens (primary N) is 1. The Morgan fingerprint density at radius 3 is 2.59 bits per heavy atom. The molecule has 17 heavy (non-hydrogen) atoms. The standard InChI is InChI=1S/C13H20N2O2/c1-3-12(13(16)15-14)10(2)17-9-11-7-5-4-6-8-11/h4-8,10,12H,3,9,14H2,1-2H3,(H,15,16). The average Bonchev–Trinajstić information content (AvgIpc) is 2.38. The van der Waals surface area contributed by atoms with Crippen LogP contribution in [0.1, 0.15) is 25.8 Å². The minimum atomic E-state index is -0.205. The van der Waals surface area contributed by atoms with Crippen molar-refractivity contribution in [3.05, 3.63) is 35.9 Å². The maximum atomic E-state index is 11.5. The van der Waals surface area contributed by atoms with Gasteiger partial charge in [-0.2, -0.15) is 0 Å². The van der Waals surface area contributed by atoms with Gasteiger partial charge in [-0.05, 0) is 18.9 Å². The van der Waals surface area contributed by atoms with Crippen molar-refractivity contribution in [2.45, 2.75) is 33.0 Å². The fourth-order valence-electron chi connectivity index (χ4n) is 1.76. The molecule has 4 nitrogen and oxygen atoms in total. The van der Waals surface area contributed by atoms with Crippen LogP contribution in [0.4, 0.5) is 0 Å². The lowest BCUT2D eigenvalue weighted by molar-refractivity contribution is -0.130. The summed E-state index contributed by atoms with van der Waals surface area (Å²) < 4.78 is 5.69. The lowest BCUT2D eigenvalue weighted by Crippen LogP contribution is -2.40. The Labute approximate surface area is 102 Å². The van der Waals surface area contributed by atoms with Crippen molar-refractivity contribution in [2.24, 2.45) is 11.8 Å². The van der Waals surface area contributed by atoms with Crippen molar-refractivity contribution in [1.82, 2.24) is 5.43 Å². The lowest BCUT2D eigenvalue weighted by atomic mass is 10.00. The van der Waals surface area contributed by atoms with Crippen LogP contribution in [0.2, 0.25) is 0 Å². The molecule has 2 atom stereocenters. The van der Waals surface area contributed by atoms with Gasteiger partial charge >= 0.3 is 0 Å². The number of ether oxygens (including phenoxy) is 1. The van der Waals surface area contributed by atoms with Crippen LogP contribution in [-0.2, 0) is 16.1 Å². The number of amides is 1. The molecule has 0 radical (unpaired) electrons. The molecule has 1 rings (SSSR count). The smallest absolute Gasteiger partial charge is 0.239 e. The van der Waals surface area contributed by atoms with Gasteiger partial charge in [-0.3, -0.25) is 10.2 Å². The van der Waals surface area contributed by atoms with Gasteiger partial charge in [-0.1, -0.05) is 37.3 Å². The maximum absolute atomic E-state index is 11.5. The fourth-order valence-corrected chi connectivity index (χ4v) is 1.76. The molecule has 0 heterocycles. The minimum Gasteiger partial charge on any atom is -0.373 e. The summed E-state index contributed by atoms with van der Waals surface area (Å²) in [6.07, 6.45) is 0.558. The third-order valence-corrected chi connectivity index (χ3v) is 2.84. The predicted molar refractivity (Wildman–Crippen MR) is 66.8 cm³/mol. The third kappa shape index (κ3) is 4.17. The molecule has 1 aromatic carbocycles. The Kier molecular flexibility index (Phi) is 5.66. The van der Waals surface area contributed by atoms with E-state index in [0.717, 1.165) is 5.56 Å². The summed E-state index contributed by atoms with van der Waals surface area (Å²) in [4.78, 5) is 11.5.